The van der Waals surface area contributed by atoms with Crippen molar-refractivity contribution in [2.75, 3.05) is 0 Å². The third-order valence-corrected chi connectivity index (χ3v) is 3.34. The van der Waals surface area contributed by atoms with Gasteiger partial charge in [0.2, 0.25) is 0 Å². The molecule has 0 spiro atoms. The molecular weight excluding hydrogens is 252 g/mol. The van der Waals surface area contributed by atoms with Gasteiger partial charge in [-0.2, -0.15) is 5.10 Å². The van der Waals surface area contributed by atoms with E-state index in [4.69, 9.17) is 4.52 Å². The summed E-state index contributed by atoms with van der Waals surface area (Å²) in [6.07, 6.45) is 0. The highest BCUT2D eigenvalue weighted by molar-refractivity contribution is 5.09. The monoisotopic (exact) mass is 276 g/mol. The average Bonchev–Trinajstić information content (AvgIpc) is 2.94. The van der Waals surface area contributed by atoms with Gasteiger partial charge in [0.1, 0.15) is 0 Å². The van der Waals surface area contributed by atoms with E-state index in [1.807, 2.05) is 17.7 Å². The maximum absolute atomic E-state index is 5.32. The molecule has 0 aromatic carbocycles. The van der Waals surface area contributed by atoms with Crippen LogP contribution in [0.3, 0.4) is 0 Å². The number of nitrogens with zero attached hydrogens (tertiary/aromatic N) is 3. The van der Waals surface area contributed by atoms with Gasteiger partial charge in [0.15, 0.2) is 5.76 Å². The van der Waals surface area contributed by atoms with E-state index in [0.29, 0.717) is 18.5 Å². The van der Waals surface area contributed by atoms with Gasteiger partial charge in [0.05, 0.1) is 24.5 Å². The molecule has 0 aliphatic rings. The summed E-state index contributed by atoms with van der Waals surface area (Å²) in [7, 11) is 0. The van der Waals surface area contributed by atoms with E-state index in [0.717, 1.165) is 23.7 Å². The SMILES string of the molecule is Cc1cc(C)n(CC(C)NCc2cc(C(C)C)no2)n1. The highest BCUT2D eigenvalue weighted by Crippen LogP contribution is 2.14. The topological polar surface area (TPSA) is 55.9 Å². The molecular formula is C15H24N4O. The van der Waals surface area contributed by atoms with Gasteiger partial charge in [-0.15, -0.1) is 0 Å². The van der Waals surface area contributed by atoms with Gasteiger partial charge < -0.3 is 9.84 Å². The Morgan fingerprint density at radius 3 is 2.55 bits per heavy atom. The molecule has 0 aliphatic heterocycles. The van der Waals surface area contributed by atoms with Crippen molar-refractivity contribution >= 4 is 0 Å². The molecule has 0 aliphatic carbocycles. The van der Waals surface area contributed by atoms with Gasteiger partial charge in [-0.25, -0.2) is 0 Å². The molecule has 1 unspecified atom stereocenters. The molecule has 2 aromatic rings. The van der Waals surface area contributed by atoms with E-state index in [1.165, 1.54) is 5.69 Å². The second kappa shape index (κ2) is 6.22. The molecule has 1 atom stereocenters. The Bertz CT molecular complexity index is 556. The fourth-order valence-electron chi connectivity index (χ4n) is 2.14. The second-order valence-electron chi connectivity index (χ2n) is 5.76. The number of aromatic nitrogens is 3. The summed E-state index contributed by atoms with van der Waals surface area (Å²) >= 11 is 0. The molecule has 0 fully saturated rings. The first-order valence-electron chi connectivity index (χ1n) is 7.15. The normalized spacial score (nSPS) is 13.1. The predicted molar refractivity (Wildman–Crippen MR) is 78.6 cm³/mol. The van der Waals surface area contributed by atoms with Gasteiger partial charge in [0, 0.05) is 17.8 Å². The molecule has 0 amide bonds. The minimum atomic E-state index is 0.320. The van der Waals surface area contributed by atoms with Crippen LogP contribution in [0, 0.1) is 13.8 Å². The average molecular weight is 276 g/mol. The highest BCUT2D eigenvalue weighted by Gasteiger charge is 2.10. The molecule has 0 bridgehead atoms. The Morgan fingerprint density at radius 1 is 1.25 bits per heavy atom. The molecule has 5 nitrogen and oxygen atoms in total. The van der Waals surface area contributed by atoms with Gasteiger partial charge >= 0.3 is 0 Å². The minimum absolute atomic E-state index is 0.320. The molecule has 0 saturated carbocycles. The van der Waals surface area contributed by atoms with Crippen LogP contribution < -0.4 is 5.32 Å². The van der Waals surface area contributed by atoms with Crippen molar-refractivity contribution in [3.63, 3.8) is 0 Å². The molecule has 1 N–H and O–H groups in total. The number of nitrogens with one attached hydrogen (secondary N) is 1. The molecule has 110 valence electrons. The summed E-state index contributed by atoms with van der Waals surface area (Å²) in [4.78, 5) is 0. The van der Waals surface area contributed by atoms with Crippen LogP contribution in [-0.4, -0.2) is 21.0 Å². The van der Waals surface area contributed by atoms with E-state index < -0.39 is 0 Å². The number of aryl methyl sites for hydroxylation is 2. The van der Waals surface area contributed by atoms with Crippen LogP contribution >= 0.6 is 0 Å². The third kappa shape index (κ3) is 3.70. The van der Waals surface area contributed by atoms with Crippen LogP contribution in [0.2, 0.25) is 0 Å². The summed E-state index contributed by atoms with van der Waals surface area (Å²) in [5.41, 5.74) is 3.26. The van der Waals surface area contributed by atoms with Crippen LogP contribution in [0.5, 0.6) is 0 Å². The first-order chi connectivity index (χ1) is 9.45. The van der Waals surface area contributed by atoms with E-state index in [1.54, 1.807) is 0 Å². The zero-order valence-electron chi connectivity index (χ0n) is 13.0. The van der Waals surface area contributed by atoms with Gasteiger partial charge in [0.25, 0.3) is 0 Å². The zero-order valence-corrected chi connectivity index (χ0v) is 13.0. The largest absolute Gasteiger partial charge is 0.360 e. The molecule has 2 heterocycles. The Labute approximate surface area is 120 Å². The Kier molecular flexibility index (Phi) is 4.60. The lowest BCUT2D eigenvalue weighted by Crippen LogP contribution is -2.30. The number of hydrogen-bond donors (Lipinski definition) is 1. The maximum Gasteiger partial charge on any atom is 0.150 e. The molecule has 0 radical (unpaired) electrons. The lowest BCUT2D eigenvalue weighted by molar-refractivity contribution is 0.350. The summed E-state index contributed by atoms with van der Waals surface area (Å²) in [5, 5.41) is 12.0. The van der Waals surface area contributed by atoms with Crippen LogP contribution in [-0.2, 0) is 13.1 Å². The van der Waals surface area contributed by atoms with E-state index >= 15 is 0 Å². The van der Waals surface area contributed by atoms with Crippen molar-refractivity contribution in [1.29, 1.82) is 0 Å². The summed E-state index contributed by atoms with van der Waals surface area (Å²) in [6, 6.07) is 4.44. The Hall–Kier alpha value is -1.62. The fourth-order valence-corrected chi connectivity index (χ4v) is 2.14. The fraction of sp³-hybridized carbons (Fsp3) is 0.600. The molecule has 0 saturated heterocycles. The molecule has 2 rings (SSSR count). The van der Waals surface area contributed by atoms with E-state index in [-0.39, 0.29) is 0 Å². The quantitative estimate of drug-likeness (QED) is 0.881. The zero-order chi connectivity index (χ0) is 14.7. The van der Waals surface area contributed by atoms with Crippen LogP contribution in [0.15, 0.2) is 16.7 Å². The van der Waals surface area contributed by atoms with Crippen molar-refractivity contribution in [1.82, 2.24) is 20.3 Å². The Balaban J connectivity index is 1.85. The Morgan fingerprint density at radius 2 is 2.00 bits per heavy atom. The van der Waals surface area contributed by atoms with Crippen molar-refractivity contribution in [2.24, 2.45) is 0 Å². The first-order valence-corrected chi connectivity index (χ1v) is 7.15. The number of rotatable bonds is 6. The van der Waals surface area contributed by atoms with Crippen molar-refractivity contribution < 1.29 is 4.52 Å². The summed E-state index contributed by atoms with van der Waals surface area (Å²) in [5.74, 6) is 1.29. The van der Waals surface area contributed by atoms with Crippen LogP contribution in [0.4, 0.5) is 0 Å². The van der Waals surface area contributed by atoms with Gasteiger partial charge in [-0.1, -0.05) is 19.0 Å². The lowest BCUT2D eigenvalue weighted by Gasteiger charge is -2.13. The lowest BCUT2D eigenvalue weighted by atomic mass is 10.1. The summed E-state index contributed by atoms with van der Waals surface area (Å²) in [6.45, 7) is 12.0. The second-order valence-corrected chi connectivity index (χ2v) is 5.76. The smallest absolute Gasteiger partial charge is 0.150 e. The molecule has 20 heavy (non-hydrogen) atoms. The van der Waals surface area contributed by atoms with E-state index in [9.17, 15) is 0 Å². The highest BCUT2D eigenvalue weighted by atomic mass is 16.5. The number of hydrogen-bond acceptors (Lipinski definition) is 4. The van der Waals surface area contributed by atoms with Crippen LogP contribution in [0.25, 0.3) is 0 Å². The third-order valence-electron chi connectivity index (χ3n) is 3.34. The maximum atomic E-state index is 5.32. The standard InChI is InChI=1S/C15H24N4O/c1-10(2)15-7-14(20-18-15)8-16-12(4)9-19-13(5)6-11(3)17-19/h6-7,10,12,16H,8-9H2,1-5H3. The predicted octanol–water partition coefficient (Wildman–Crippen LogP) is 2.79. The van der Waals surface area contributed by atoms with Gasteiger partial charge in [-0.3, -0.25) is 4.68 Å². The minimum Gasteiger partial charge on any atom is -0.360 e. The molecule has 2 aromatic heterocycles. The summed E-state index contributed by atoms with van der Waals surface area (Å²) < 4.78 is 7.35. The van der Waals surface area contributed by atoms with Gasteiger partial charge in [-0.05, 0) is 32.8 Å². The molecule has 5 heteroatoms. The first kappa shape index (κ1) is 14.8. The van der Waals surface area contributed by atoms with E-state index in [2.05, 4.69) is 49.3 Å². The van der Waals surface area contributed by atoms with Crippen molar-refractivity contribution in [3.8, 4) is 0 Å². The van der Waals surface area contributed by atoms with Crippen molar-refractivity contribution in [2.45, 2.75) is 59.7 Å². The van der Waals surface area contributed by atoms with Crippen LogP contribution in [0.1, 0.15) is 49.5 Å². The van der Waals surface area contributed by atoms with Crippen molar-refractivity contribution in [3.05, 3.63) is 35.0 Å².